The first-order valence-corrected chi connectivity index (χ1v) is 7.55. The van der Waals surface area contributed by atoms with Crippen LogP contribution in [0.3, 0.4) is 0 Å². The summed E-state index contributed by atoms with van der Waals surface area (Å²) < 4.78 is 0. The Bertz CT molecular complexity index is 863. The van der Waals surface area contributed by atoms with Crippen molar-refractivity contribution in [1.82, 2.24) is 4.98 Å². The topological polar surface area (TPSA) is 82.2 Å². The molecule has 0 radical (unpaired) electrons. The fourth-order valence-corrected chi connectivity index (χ4v) is 3.31. The molecule has 3 N–H and O–H groups in total. The number of aromatic nitrogens is 1. The van der Waals surface area contributed by atoms with Crippen LogP contribution >= 0.6 is 11.3 Å². The van der Waals surface area contributed by atoms with Gasteiger partial charge in [0.05, 0.1) is 12.0 Å². The monoisotopic (exact) mass is 314 g/mol. The molecule has 3 aromatic rings. The molecule has 2 aromatic heterocycles. The second kappa shape index (κ2) is 5.65. The van der Waals surface area contributed by atoms with Crippen LogP contribution in [0.4, 0.5) is 5.00 Å². The van der Waals surface area contributed by atoms with Crippen LogP contribution in [0.1, 0.15) is 20.8 Å². The first-order valence-electron chi connectivity index (χ1n) is 6.73. The molecule has 2 heterocycles. The van der Waals surface area contributed by atoms with Crippen LogP contribution in [0.25, 0.3) is 10.9 Å². The number of nitrogens with one attached hydrogen (secondary N) is 2. The molecule has 5 nitrogen and oxygen atoms in total. The van der Waals surface area contributed by atoms with Crippen LogP contribution in [0.15, 0.2) is 36.5 Å². The molecule has 0 atom stereocenters. The molecular weight excluding hydrogens is 300 g/mol. The van der Waals surface area contributed by atoms with Crippen LogP contribution in [0.5, 0.6) is 0 Å². The molecule has 22 heavy (non-hydrogen) atoms. The number of aromatic carboxylic acids is 1. The Hall–Kier alpha value is -2.60. The number of thiophene rings is 1. The van der Waals surface area contributed by atoms with Crippen LogP contribution in [-0.2, 0) is 11.2 Å². The van der Waals surface area contributed by atoms with Gasteiger partial charge >= 0.3 is 5.97 Å². The summed E-state index contributed by atoms with van der Waals surface area (Å²) in [6.07, 6.45) is 2.00. The van der Waals surface area contributed by atoms with Crippen molar-refractivity contribution in [1.29, 1.82) is 0 Å². The summed E-state index contributed by atoms with van der Waals surface area (Å²) in [5, 5.41) is 13.2. The number of aromatic amines is 1. The maximum atomic E-state index is 12.2. The fraction of sp³-hybridized carbons (Fsp3) is 0.125. The van der Waals surface area contributed by atoms with Gasteiger partial charge in [-0.3, -0.25) is 4.79 Å². The number of fused-ring (bicyclic) bond motifs is 1. The van der Waals surface area contributed by atoms with Crippen molar-refractivity contribution < 1.29 is 14.7 Å². The minimum atomic E-state index is -1.04. The van der Waals surface area contributed by atoms with Crippen molar-refractivity contribution >= 4 is 39.1 Å². The van der Waals surface area contributed by atoms with Crippen LogP contribution in [0.2, 0.25) is 0 Å². The molecule has 6 heteroatoms. The van der Waals surface area contributed by atoms with E-state index in [1.807, 2.05) is 37.4 Å². The number of hydrogen-bond donors (Lipinski definition) is 3. The predicted molar refractivity (Wildman–Crippen MR) is 86.6 cm³/mol. The van der Waals surface area contributed by atoms with Gasteiger partial charge in [-0.1, -0.05) is 18.2 Å². The van der Waals surface area contributed by atoms with E-state index in [4.69, 9.17) is 5.11 Å². The summed E-state index contributed by atoms with van der Waals surface area (Å²) >= 11 is 1.27. The molecule has 1 amide bonds. The van der Waals surface area contributed by atoms with Gasteiger partial charge in [-0.15, -0.1) is 11.3 Å². The molecule has 0 saturated heterocycles. The van der Waals surface area contributed by atoms with Crippen molar-refractivity contribution in [3.05, 3.63) is 52.5 Å². The smallest absolute Gasteiger partial charge is 0.338 e. The molecule has 0 saturated carbocycles. The fourth-order valence-electron chi connectivity index (χ4n) is 2.39. The van der Waals surface area contributed by atoms with Crippen molar-refractivity contribution in [3.63, 3.8) is 0 Å². The predicted octanol–water partition coefficient (Wildman–Crippen LogP) is 3.42. The quantitative estimate of drug-likeness (QED) is 0.690. The normalized spacial score (nSPS) is 10.8. The van der Waals surface area contributed by atoms with Crippen molar-refractivity contribution in [2.75, 3.05) is 5.32 Å². The van der Waals surface area contributed by atoms with Crippen molar-refractivity contribution in [2.45, 2.75) is 13.3 Å². The van der Waals surface area contributed by atoms with E-state index in [1.54, 1.807) is 6.07 Å². The number of carboxylic acid groups (broad SMARTS) is 1. The van der Waals surface area contributed by atoms with Gasteiger partial charge in [0.25, 0.3) is 0 Å². The van der Waals surface area contributed by atoms with Gasteiger partial charge in [-0.05, 0) is 24.6 Å². The van der Waals surface area contributed by atoms with E-state index in [2.05, 4.69) is 10.3 Å². The highest BCUT2D eigenvalue weighted by Crippen LogP contribution is 2.28. The summed E-state index contributed by atoms with van der Waals surface area (Å²) in [5.74, 6) is -1.26. The highest BCUT2D eigenvalue weighted by Gasteiger charge is 2.16. The molecule has 1 aromatic carbocycles. The van der Waals surface area contributed by atoms with Gasteiger partial charge in [-0.2, -0.15) is 0 Å². The second-order valence-corrected chi connectivity index (χ2v) is 6.25. The molecule has 3 rings (SSSR count). The highest BCUT2D eigenvalue weighted by atomic mass is 32.1. The zero-order valence-electron chi connectivity index (χ0n) is 11.8. The Balaban J connectivity index is 1.80. The number of H-pyrrole nitrogens is 1. The first kappa shape index (κ1) is 14.3. The van der Waals surface area contributed by atoms with E-state index in [0.29, 0.717) is 5.00 Å². The standard InChI is InChI=1S/C16H14N2O3S/c1-9-6-12(16(20)21)15(22-9)18-14(19)7-10-8-17-13-5-3-2-4-11(10)13/h2-6,8,17H,7H2,1H3,(H,18,19)(H,20,21). The minimum Gasteiger partial charge on any atom is -0.478 e. The van der Waals surface area contributed by atoms with Gasteiger partial charge < -0.3 is 15.4 Å². The third-order valence-corrected chi connectivity index (χ3v) is 4.33. The van der Waals surface area contributed by atoms with E-state index in [1.165, 1.54) is 11.3 Å². The Kier molecular flexibility index (Phi) is 3.68. The maximum Gasteiger partial charge on any atom is 0.338 e. The maximum absolute atomic E-state index is 12.2. The van der Waals surface area contributed by atoms with E-state index >= 15 is 0 Å². The number of hydrogen-bond acceptors (Lipinski definition) is 3. The molecule has 0 aliphatic rings. The van der Waals surface area contributed by atoms with E-state index < -0.39 is 5.97 Å². The molecule has 0 unspecified atom stereocenters. The molecule has 0 aliphatic heterocycles. The van der Waals surface area contributed by atoms with Crippen LogP contribution in [-0.4, -0.2) is 22.0 Å². The highest BCUT2D eigenvalue weighted by molar-refractivity contribution is 7.16. The zero-order valence-corrected chi connectivity index (χ0v) is 12.7. The van der Waals surface area contributed by atoms with Gasteiger partial charge in [0, 0.05) is 22.0 Å². The largest absolute Gasteiger partial charge is 0.478 e. The molecule has 0 spiro atoms. The molecule has 0 fully saturated rings. The molecular formula is C16H14N2O3S. The third kappa shape index (κ3) is 2.73. The molecule has 0 bridgehead atoms. The lowest BCUT2D eigenvalue weighted by atomic mass is 10.1. The average Bonchev–Trinajstić information content (AvgIpc) is 3.03. The van der Waals surface area contributed by atoms with E-state index in [0.717, 1.165) is 21.3 Å². The number of amides is 1. The number of benzene rings is 1. The van der Waals surface area contributed by atoms with Gasteiger partial charge in [0.2, 0.25) is 5.91 Å². The number of rotatable bonds is 4. The number of carbonyl (C=O) groups excluding carboxylic acids is 1. The van der Waals surface area contributed by atoms with Crippen LogP contribution < -0.4 is 5.32 Å². The minimum absolute atomic E-state index is 0.134. The summed E-state index contributed by atoms with van der Waals surface area (Å²) in [7, 11) is 0. The summed E-state index contributed by atoms with van der Waals surface area (Å²) in [5.41, 5.74) is 2.00. The lowest BCUT2D eigenvalue weighted by Crippen LogP contribution is -2.15. The van der Waals surface area contributed by atoms with Crippen LogP contribution in [0, 0.1) is 6.92 Å². The number of para-hydroxylation sites is 1. The van der Waals surface area contributed by atoms with E-state index in [-0.39, 0.29) is 17.9 Å². The van der Waals surface area contributed by atoms with E-state index in [9.17, 15) is 9.59 Å². The third-order valence-electron chi connectivity index (χ3n) is 3.36. The lowest BCUT2D eigenvalue weighted by molar-refractivity contribution is -0.115. The number of carbonyl (C=O) groups is 2. The Morgan fingerprint density at radius 2 is 2.09 bits per heavy atom. The Labute approximate surface area is 130 Å². The number of carboxylic acids is 1. The average molecular weight is 314 g/mol. The summed E-state index contributed by atoms with van der Waals surface area (Å²) in [4.78, 5) is 27.3. The molecule has 0 aliphatic carbocycles. The van der Waals surface area contributed by atoms with Gasteiger partial charge in [0.1, 0.15) is 5.00 Å². The zero-order chi connectivity index (χ0) is 15.7. The first-order chi connectivity index (χ1) is 10.5. The second-order valence-electron chi connectivity index (χ2n) is 4.99. The summed E-state index contributed by atoms with van der Waals surface area (Å²) in [6.45, 7) is 1.81. The van der Waals surface area contributed by atoms with Crippen molar-refractivity contribution in [3.8, 4) is 0 Å². The number of aryl methyl sites for hydroxylation is 1. The lowest BCUT2D eigenvalue weighted by Gasteiger charge is -2.03. The summed E-state index contributed by atoms with van der Waals surface area (Å²) in [6, 6.07) is 9.31. The number of anilines is 1. The van der Waals surface area contributed by atoms with Gasteiger partial charge in [0.15, 0.2) is 0 Å². The Morgan fingerprint density at radius 1 is 1.32 bits per heavy atom. The SMILES string of the molecule is Cc1cc(C(=O)O)c(NC(=O)Cc2c[nH]c3ccccc23)s1. The van der Waals surface area contributed by atoms with Crippen molar-refractivity contribution in [2.24, 2.45) is 0 Å². The van der Waals surface area contributed by atoms with Gasteiger partial charge in [-0.25, -0.2) is 4.79 Å². The Morgan fingerprint density at radius 3 is 2.86 bits per heavy atom. The molecule has 112 valence electrons.